The van der Waals surface area contributed by atoms with Crippen molar-refractivity contribution in [3.63, 3.8) is 0 Å². The Hall–Kier alpha value is -8.67. The first-order chi connectivity index (χ1) is 33.0. The molecule has 0 fully saturated rings. The van der Waals surface area contributed by atoms with E-state index in [1.54, 1.807) is 0 Å². The van der Waals surface area contributed by atoms with Crippen LogP contribution < -0.4 is 0 Å². The van der Waals surface area contributed by atoms with Gasteiger partial charge < -0.3 is 9.13 Å². The van der Waals surface area contributed by atoms with Crippen molar-refractivity contribution < 1.29 is 0 Å². The Morgan fingerprint density at radius 2 is 0.806 bits per heavy atom. The molecular formula is C62H43N5. The first kappa shape index (κ1) is 38.8. The molecule has 0 saturated carbocycles. The quantitative estimate of drug-likeness (QED) is 0.160. The van der Waals surface area contributed by atoms with E-state index >= 15 is 0 Å². The summed E-state index contributed by atoms with van der Waals surface area (Å²) >= 11 is 0. The third-order valence-corrected chi connectivity index (χ3v) is 13.7. The van der Waals surface area contributed by atoms with Gasteiger partial charge in [-0.3, -0.25) is 0 Å². The number of hydrogen-bond acceptors (Lipinski definition) is 3. The summed E-state index contributed by atoms with van der Waals surface area (Å²) in [5.74, 6) is 1.93. The average Bonchev–Trinajstić information content (AvgIpc) is 3.99. The Balaban J connectivity index is 0.981. The second-order valence-corrected chi connectivity index (χ2v) is 18.1. The molecule has 0 aliphatic heterocycles. The molecule has 1 aliphatic carbocycles. The van der Waals surface area contributed by atoms with E-state index in [2.05, 4.69) is 187 Å². The lowest BCUT2D eigenvalue weighted by Gasteiger charge is -2.21. The van der Waals surface area contributed by atoms with Crippen molar-refractivity contribution in [2.24, 2.45) is 0 Å². The maximum absolute atomic E-state index is 5.02. The fraction of sp³-hybridized carbons (Fsp3) is 0.0484. The molecule has 3 heterocycles. The Labute approximate surface area is 389 Å². The highest BCUT2D eigenvalue weighted by Crippen LogP contribution is 2.54. The number of para-hydroxylation sites is 1. The van der Waals surface area contributed by atoms with E-state index in [4.69, 9.17) is 15.0 Å². The summed E-state index contributed by atoms with van der Waals surface area (Å²) in [7, 11) is 0. The lowest BCUT2D eigenvalue weighted by Crippen LogP contribution is -2.14. The van der Waals surface area contributed by atoms with Crippen LogP contribution in [0.3, 0.4) is 0 Å². The molecule has 0 atom stereocenters. The summed E-state index contributed by atoms with van der Waals surface area (Å²) in [6.07, 6.45) is 0. The van der Waals surface area contributed by atoms with E-state index in [-0.39, 0.29) is 5.41 Å². The molecule has 0 N–H and O–H groups in total. The second-order valence-electron chi connectivity index (χ2n) is 18.1. The first-order valence-corrected chi connectivity index (χ1v) is 22.9. The van der Waals surface area contributed by atoms with Gasteiger partial charge in [0.1, 0.15) is 0 Å². The summed E-state index contributed by atoms with van der Waals surface area (Å²) in [5.41, 5.74) is 18.4. The van der Waals surface area contributed by atoms with Gasteiger partial charge in [-0.15, -0.1) is 0 Å². The number of hydrogen-bond donors (Lipinski definition) is 0. The highest BCUT2D eigenvalue weighted by atomic mass is 15.0. The summed E-state index contributed by atoms with van der Waals surface area (Å²) in [6.45, 7) is 4.78. The lowest BCUT2D eigenvalue weighted by atomic mass is 9.81. The molecule has 5 heteroatoms. The molecule has 67 heavy (non-hydrogen) atoms. The zero-order chi connectivity index (χ0) is 44.6. The number of rotatable bonds is 7. The fourth-order valence-corrected chi connectivity index (χ4v) is 10.6. The molecule has 0 unspecified atom stereocenters. The van der Waals surface area contributed by atoms with Crippen molar-refractivity contribution in [1.82, 2.24) is 24.1 Å². The second kappa shape index (κ2) is 15.2. The third-order valence-electron chi connectivity index (χ3n) is 13.7. The molecule has 0 amide bonds. The molecule has 3 aromatic heterocycles. The van der Waals surface area contributed by atoms with Gasteiger partial charge >= 0.3 is 0 Å². The standard InChI is InChI=1S/C62H43N5/c1-62(2)53-29-16-15-28-49(53)58-57(62)52-38-51-50-37-45(40-18-7-3-8-19-40)32-35-54(50)66(55(51)39-56(52)67(58)47-26-13-6-14-27-47)48-33-30-41(31-34-48)44-24-17-25-46(36-44)61-64-59(42-20-9-4-10-21-42)63-60(65-61)43-22-11-5-12-23-43/h3-39H,1-2H3. The first-order valence-electron chi connectivity index (χ1n) is 22.9. The van der Waals surface area contributed by atoms with Crippen molar-refractivity contribution in [3.8, 4) is 79.0 Å². The van der Waals surface area contributed by atoms with Crippen molar-refractivity contribution in [3.05, 3.63) is 236 Å². The predicted molar refractivity (Wildman–Crippen MR) is 276 cm³/mol. The van der Waals surface area contributed by atoms with Crippen LogP contribution in [0.1, 0.15) is 25.0 Å². The van der Waals surface area contributed by atoms with E-state index in [0.717, 1.165) is 39.2 Å². The van der Waals surface area contributed by atoms with E-state index in [1.807, 2.05) is 60.7 Å². The number of nitrogens with zero attached hydrogens (tertiary/aromatic N) is 5. The summed E-state index contributed by atoms with van der Waals surface area (Å²) in [4.78, 5) is 15.0. The minimum absolute atomic E-state index is 0.184. The molecule has 0 bridgehead atoms. The Morgan fingerprint density at radius 1 is 0.328 bits per heavy atom. The SMILES string of the molecule is CC1(C)c2ccccc2-c2c1c1cc3c4cc(-c5ccccc5)ccc4n(-c4ccc(-c5cccc(-c6nc(-c7ccccc7)nc(-c7ccccc7)n6)c5)cc4)c3cc1n2-c1ccccc1. The largest absolute Gasteiger partial charge is 0.309 e. The van der Waals surface area contributed by atoms with E-state index in [1.165, 1.54) is 66.2 Å². The van der Waals surface area contributed by atoms with Gasteiger partial charge in [0.25, 0.3) is 0 Å². The lowest BCUT2D eigenvalue weighted by molar-refractivity contribution is 0.666. The van der Waals surface area contributed by atoms with E-state index < -0.39 is 0 Å². The van der Waals surface area contributed by atoms with Gasteiger partial charge in [-0.1, -0.05) is 184 Å². The van der Waals surface area contributed by atoms with Gasteiger partial charge in [0.15, 0.2) is 17.5 Å². The monoisotopic (exact) mass is 857 g/mol. The highest BCUT2D eigenvalue weighted by Gasteiger charge is 2.40. The minimum atomic E-state index is -0.184. The van der Waals surface area contributed by atoms with Crippen LogP contribution in [-0.2, 0) is 5.41 Å². The smallest absolute Gasteiger partial charge is 0.164 e. The van der Waals surface area contributed by atoms with E-state index in [9.17, 15) is 0 Å². The zero-order valence-corrected chi connectivity index (χ0v) is 37.1. The van der Waals surface area contributed by atoms with Crippen LogP contribution in [-0.4, -0.2) is 24.1 Å². The number of aromatic nitrogens is 5. The molecule has 0 saturated heterocycles. The Kier molecular flexibility index (Phi) is 8.80. The Morgan fingerprint density at radius 3 is 1.48 bits per heavy atom. The van der Waals surface area contributed by atoms with Crippen molar-refractivity contribution in [2.75, 3.05) is 0 Å². The predicted octanol–water partition coefficient (Wildman–Crippen LogP) is 15.6. The topological polar surface area (TPSA) is 48.5 Å². The van der Waals surface area contributed by atoms with Gasteiger partial charge in [-0.05, 0) is 88.0 Å². The van der Waals surface area contributed by atoms with Crippen LogP contribution in [0, 0.1) is 0 Å². The zero-order valence-electron chi connectivity index (χ0n) is 37.1. The van der Waals surface area contributed by atoms with Crippen molar-refractivity contribution in [1.29, 1.82) is 0 Å². The van der Waals surface area contributed by atoms with Crippen molar-refractivity contribution >= 4 is 32.7 Å². The fourth-order valence-electron chi connectivity index (χ4n) is 10.6. The molecule has 12 aromatic rings. The van der Waals surface area contributed by atoms with Crippen LogP contribution in [0.25, 0.3) is 112 Å². The maximum atomic E-state index is 5.02. The normalized spacial score (nSPS) is 12.7. The van der Waals surface area contributed by atoms with Gasteiger partial charge in [0, 0.05) is 55.2 Å². The average molecular weight is 858 g/mol. The van der Waals surface area contributed by atoms with Gasteiger partial charge in [0.2, 0.25) is 0 Å². The van der Waals surface area contributed by atoms with Crippen LogP contribution in [0.5, 0.6) is 0 Å². The molecule has 0 spiro atoms. The summed E-state index contributed by atoms with van der Waals surface area (Å²) < 4.78 is 4.95. The molecular weight excluding hydrogens is 815 g/mol. The third kappa shape index (κ3) is 6.27. The molecule has 316 valence electrons. The minimum Gasteiger partial charge on any atom is -0.309 e. The van der Waals surface area contributed by atoms with Crippen LogP contribution in [0.2, 0.25) is 0 Å². The maximum Gasteiger partial charge on any atom is 0.164 e. The molecule has 0 radical (unpaired) electrons. The highest BCUT2D eigenvalue weighted by molar-refractivity contribution is 6.16. The summed E-state index contributed by atoms with van der Waals surface area (Å²) in [5, 5.41) is 3.75. The van der Waals surface area contributed by atoms with Gasteiger partial charge in [-0.25, -0.2) is 15.0 Å². The molecule has 5 nitrogen and oxygen atoms in total. The van der Waals surface area contributed by atoms with Crippen LogP contribution >= 0.6 is 0 Å². The molecule has 1 aliphatic rings. The number of fused-ring (bicyclic) bond motifs is 8. The number of benzene rings is 9. The van der Waals surface area contributed by atoms with Crippen LogP contribution in [0.4, 0.5) is 0 Å². The van der Waals surface area contributed by atoms with Gasteiger partial charge in [0.05, 0.1) is 22.2 Å². The molecule has 13 rings (SSSR count). The van der Waals surface area contributed by atoms with E-state index in [0.29, 0.717) is 17.5 Å². The molecule has 9 aromatic carbocycles. The summed E-state index contributed by atoms with van der Waals surface area (Å²) in [6, 6.07) is 80.2. The van der Waals surface area contributed by atoms with Gasteiger partial charge in [-0.2, -0.15) is 0 Å². The van der Waals surface area contributed by atoms with Crippen LogP contribution in [0.15, 0.2) is 224 Å². The Bertz CT molecular complexity index is 3790. The van der Waals surface area contributed by atoms with Crippen molar-refractivity contribution in [2.45, 2.75) is 19.3 Å².